The van der Waals surface area contributed by atoms with E-state index in [4.69, 9.17) is 9.52 Å². The van der Waals surface area contributed by atoms with Gasteiger partial charge in [0.1, 0.15) is 18.1 Å². The van der Waals surface area contributed by atoms with Crippen molar-refractivity contribution in [2.75, 3.05) is 13.1 Å². The highest BCUT2D eigenvalue weighted by Crippen LogP contribution is 2.20. The molecule has 1 saturated heterocycles. The third-order valence-corrected chi connectivity index (χ3v) is 4.79. The van der Waals surface area contributed by atoms with Gasteiger partial charge < -0.3 is 14.4 Å². The zero-order valence-electron chi connectivity index (χ0n) is 14.7. The van der Waals surface area contributed by atoms with Crippen LogP contribution in [0, 0.1) is 0 Å². The van der Waals surface area contributed by atoms with E-state index in [1.54, 1.807) is 6.07 Å². The van der Waals surface area contributed by atoms with Gasteiger partial charge in [0.2, 0.25) is 5.91 Å². The predicted octanol–water partition coefficient (Wildman–Crippen LogP) is 2.79. The maximum Gasteiger partial charge on any atom is 0.224 e. The molecule has 1 atom stereocenters. The Hall–Kier alpha value is -2.11. The second-order valence-electron chi connectivity index (χ2n) is 6.58. The molecule has 0 aliphatic carbocycles. The maximum atomic E-state index is 12.7. The third-order valence-electron chi connectivity index (χ3n) is 4.79. The van der Waals surface area contributed by atoms with Crippen LogP contribution in [-0.4, -0.2) is 39.9 Å². The molecule has 25 heavy (non-hydrogen) atoms. The first kappa shape index (κ1) is 17.7. The predicted molar refractivity (Wildman–Crippen MR) is 95.6 cm³/mol. The number of aliphatic hydroxyl groups excluding tert-OH is 1. The van der Waals surface area contributed by atoms with Gasteiger partial charge >= 0.3 is 0 Å². The number of rotatable bonds is 6. The minimum atomic E-state index is -0.0824. The average molecular weight is 342 g/mol. The molecule has 0 saturated carbocycles. The van der Waals surface area contributed by atoms with Crippen molar-refractivity contribution in [2.24, 2.45) is 0 Å². The molecule has 1 aromatic heterocycles. The highest BCUT2D eigenvalue weighted by atomic mass is 16.4. The van der Waals surface area contributed by atoms with Crippen LogP contribution in [0.3, 0.4) is 0 Å². The zero-order chi connectivity index (χ0) is 17.6. The first-order valence-corrected chi connectivity index (χ1v) is 8.93. The third kappa shape index (κ3) is 4.50. The fraction of sp³-hybridized carbons (Fsp3) is 0.450. The van der Waals surface area contributed by atoms with E-state index in [0.29, 0.717) is 25.3 Å². The summed E-state index contributed by atoms with van der Waals surface area (Å²) in [6, 6.07) is 14.1. The van der Waals surface area contributed by atoms with Crippen molar-refractivity contribution in [1.29, 1.82) is 0 Å². The molecule has 0 radical (unpaired) electrons. The van der Waals surface area contributed by atoms with Gasteiger partial charge in [-0.15, -0.1) is 0 Å². The van der Waals surface area contributed by atoms with Crippen LogP contribution in [0.1, 0.15) is 36.8 Å². The molecule has 2 heterocycles. The second kappa shape index (κ2) is 8.32. The number of carbonyl (C=O) groups is 1. The van der Waals surface area contributed by atoms with Crippen LogP contribution in [0.2, 0.25) is 0 Å². The summed E-state index contributed by atoms with van der Waals surface area (Å²) in [6.45, 7) is 4.96. The standard InChI is InChI=1S/C20H26N2O3/c1-2-17-13-21(14-18-8-9-19(15-23)25-18)11-10-20(24)22(17)12-16-6-4-3-5-7-16/h3-9,17,23H,2,10-15H2,1H3. The molecule has 1 fully saturated rings. The summed E-state index contributed by atoms with van der Waals surface area (Å²) in [6.07, 6.45) is 1.45. The van der Waals surface area contributed by atoms with Gasteiger partial charge in [0.15, 0.2) is 0 Å². The molecule has 1 unspecified atom stereocenters. The summed E-state index contributed by atoms with van der Waals surface area (Å²) in [5.74, 6) is 1.63. The van der Waals surface area contributed by atoms with Crippen molar-refractivity contribution in [3.05, 3.63) is 59.5 Å². The van der Waals surface area contributed by atoms with Crippen molar-refractivity contribution < 1.29 is 14.3 Å². The lowest BCUT2D eigenvalue weighted by Gasteiger charge is -2.31. The van der Waals surface area contributed by atoms with Crippen molar-refractivity contribution in [3.8, 4) is 0 Å². The summed E-state index contributed by atoms with van der Waals surface area (Å²) in [7, 11) is 0. The van der Waals surface area contributed by atoms with Crippen LogP contribution in [0.5, 0.6) is 0 Å². The van der Waals surface area contributed by atoms with E-state index < -0.39 is 0 Å². The summed E-state index contributed by atoms with van der Waals surface area (Å²) >= 11 is 0. The van der Waals surface area contributed by atoms with Crippen LogP contribution in [-0.2, 0) is 24.5 Å². The van der Waals surface area contributed by atoms with Gasteiger partial charge in [-0.05, 0) is 24.1 Å². The molecular formula is C20H26N2O3. The zero-order valence-corrected chi connectivity index (χ0v) is 14.7. The molecule has 1 aliphatic rings. The number of hydrogen-bond donors (Lipinski definition) is 1. The molecule has 1 N–H and O–H groups in total. The lowest BCUT2D eigenvalue weighted by molar-refractivity contribution is -0.133. The molecule has 5 nitrogen and oxygen atoms in total. The molecule has 1 amide bonds. The summed E-state index contributed by atoms with van der Waals surface area (Å²) < 4.78 is 5.60. The molecule has 2 aromatic rings. The SMILES string of the molecule is CCC1CN(Cc2ccc(CO)o2)CCC(=O)N1Cc1ccccc1. The Kier molecular flexibility index (Phi) is 5.89. The molecule has 0 bridgehead atoms. The van der Waals surface area contributed by atoms with Crippen LogP contribution < -0.4 is 0 Å². The summed E-state index contributed by atoms with van der Waals surface area (Å²) in [5, 5.41) is 9.13. The molecule has 1 aromatic carbocycles. The molecular weight excluding hydrogens is 316 g/mol. The highest BCUT2D eigenvalue weighted by Gasteiger charge is 2.29. The molecule has 1 aliphatic heterocycles. The number of carbonyl (C=O) groups excluding carboxylic acids is 1. The summed E-state index contributed by atoms with van der Waals surface area (Å²) in [5.41, 5.74) is 1.17. The van der Waals surface area contributed by atoms with Gasteiger partial charge in [-0.25, -0.2) is 0 Å². The van der Waals surface area contributed by atoms with E-state index in [1.165, 1.54) is 5.56 Å². The van der Waals surface area contributed by atoms with E-state index in [1.807, 2.05) is 29.2 Å². The van der Waals surface area contributed by atoms with Crippen molar-refractivity contribution >= 4 is 5.91 Å². The van der Waals surface area contributed by atoms with Gasteiger partial charge in [-0.1, -0.05) is 37.3 Å². The monoisotopic (exact) mass is 342 g/mol. The number of hydrogen-bond acceptors (Lipinski definition) is 4. The highest BCUT2D eigenvalue weighted by molar-refractivity contribution is 5.77. The van der Waals surface area contributed by atoms with Crippen molar-refractivity contribution in [3.63, 3.8) is 0 Å². The van der Waals surface area contributed by atoms with Gasteiger partial charge in [-0.2, -0.15) is 0 Å². The van der Waals surface area contributed by atoms with E-state index in [9.17, 15) is 4.79 Å². The minimum absolute atomic E-state index is 0.0824. The van der Waals surface area contributed by atoms with E-state index >= 15 is 0 Å². The van der Waals surface area contributed by atoms with Crippen LogP contribution in [0.15, 0.2) is 46.9 Å². The minimum Gasteiger partial charge on any atom is -0.462 e. The normalized spacial score (nSPS) is 19.2. The van der Waals surface area contributed by atoms with Crippen LogP contribution >= 0.6 is 0 Å². The number of nitrogens with zero attached hydrogens (tertiary/aromatic N) is 2. The van der Waals surface area contributed by atoms with E-state index in [0.717, 1.165) is 25.3 Å². The van der Waals surface area contributed by atoms with Crippen LogP contribution in [0.4, 0.5) is 0 Å². The molecule has 5 heteroatoms. The lowest BCUT2D eigenvalue weighted by Crippen LogP contribution is -2.42. The Morgan fingerprint density at radius 3 is 2.56 bits per heavy atom. The topological polar surface area (TPSA) is 56.9 Å². The molecule has 0 spiro atoms. The Balaban J connectivity index is 1.69. The first-order chi connectivity index (χ1) is 12.2. The number of aliphatic hydroxyl groups is 1. The Morgan fingerprint density at radius 2 is 1.88 bits per heavy atom. The quantitative estimate of drug-likeness (QED) is 0.877. The van der Waals surface area contributed by atoms with E-state index in [-0.39, 0.29) is 18.6 Å². The van der Waals surface area contributed by atoms with Gasteiger partial charge in [-0.3, -0.25) is 9.69 Å². The van der Waals surface area contributed by atoms with Gasteiger partial charge in [0.25, 0.3) is 0 Å². The fourth-order valence-corrected chi connectivity index (χ4v) is 3.39. The average Bonchev–Trinajstić information content (AvgIpc) is 3.04. The fourth-order valence-electron chi connectivity index (χ4n) is 3.39. The Bertz CT molecular complexity index is 683. The lowest BCUT2D eigenvalue weighted by atomic mass is 10.1. The Labute approximate surface area is 148 Å². The number of amides is 1. The second-order valence-corrected chi connectivity index (χ2v) is 6.58. The maximum absolute atomic E-state index is 12.7. The Morgan fingerprint density at radius 1 is 1.12 bits per heavy atom. The van der Waals surface area contributed by atoms with E-state index in [2.05, 4.69) is 24.0 Å². The van der Waals surface area contributed by atoms with Crippen molar-refractivity contribution in [2.45, 2.75) is 45.5 Å². The largest absolute Gasteiger partial charge is 0.462 e. The van der Waals surface area contributed by atoms with Gasteiger partial charge in [0, 0.05) is 32.1 Å². The molecule has 134 valence electrons. The summed E-state index contributed by atoms with van der Waals surface area (Å²) in [4.78, 5) is 17.0. The smallest absolute Gasteiger partial charge is 0.224 e. The van der Waals surface area contributed by atoms with Crippen molar-refractivity contribution in [1.82, 2.24) is 9.80 Å². The first-order valence-electron chi connectivity index (χ1n) is 8.93. The molecule has 3 rings (SSSR count). The van der Waals surface area contributed by atoms with Gasteiger partial charge in [0.05, 0.1) is 6.54 Å². The van der Waals surface area contributed by atoms with Crippen LogP contribution in [0.25, 0.3) is 0 Å². The number of benzene rings is 1. The number of furan rings is 1.